The van der Waals surface area contributed by atoms with Gasteiger partial charge in [0.25, 0.3) is 0 Å². The molecule has 0 aliphatic heterocycles. The molecule has 1 N–H and O–H groups in total. The van der Waals surface area contributed by atoms with E-state index >= 15 is 0 Å². The molecule has 2 aromatic rings. The van der Waals surface area contributed by atoms with Gasteiger partial charge in [0, 0.05) is 13.2 Å². The number of aromatic nitrogens is 3. The summed E-state index contributed by atoms with van der Waals surface area (Å²) in [5.41, 5.74) is 0.636. The molecule has 1 fully saturated rings. The van der Waals surface area contributed by atoms with Gasteiger partial charge in [0.15, 0.2) is 5.65 Å². The van der Waals surface area contributed by atoms with Gasteiger partial charge in [0.1, 0.15) is 5.82 Å². The Labute approximate surface area is 97.6 Å². The summed E-state index contributed by atoms with van der Waals surface area (Å²) in [4.78, 5) is 4.26. The second kappa shape index (κ2) is 3.96. The standard InChI is InChI=1S/C11H13FN4O/c1-17-9-4-8(5-9)13-11-14-10-3-2-7(12)6-16(10)15-11/h2-3,6,8-9H,4-5H2,1H3,(H,13,15). The molecule has 5 nitrogen and oxygen atoms in total. The summed E-state index contributed by atoms with van der Waals surface area (Å²) in [6.45, 7) is 0. The number of pyridine rings is 1. The third-order valence-electron chi connectivity index (χ3n) is 3.06. The van der Waals surface area contributed by atoms with E-state index in [0.29, 0.717) is 23.7 Å². The molecule has 0 saturated heterocycles. The molecule has 3 rings (SSSR count). The van der Waals surface area contributed by atoms with Gasteiger partial charge in [0.2, 0.25) is 5.95 Å². The molecule has 1 aliphatic carbocycles. The zero-order valence-corrected chi connectivity index (χ0v) is 9.43. The number of halogens is 1. The predicted molar refractivity (Wildman–Crippen MR) is 60.4 cm³/mol. The van der Waals surface area contributed by atoms with Gasteiger partial charge in [0.05, 0.1) is 12.3 Å². The van der Waals surface area contributed by atoms with Crippen LogP contribution in [0.3, 0.4) is 0 Å². The smallest absolute Gasteiger partial charge is 0.243 e. The highest BCUT2D eigenvalue weighted by molar-refractivity contribution is 5.43. The lowest BCUT2D eigenvalue weighted by Gasteiger charge is -2.34. The van der Waals surface area contributed by atoms with E-state index in [1.165, 1.54) is 16.8 Å². The van der Waals surface area contributed by atoms with E-state index < -0.39 is 0 Å². The zero-order valence-electron chi connectivity index (χ0n) is 9.43. The van der Waals surface area contributed by atoms with Crippen molar-refractivity contribution in [3.63, 3.8) is 0 Å². The third kappa shape index (κ3) is 1.95. The van der Waals surface area contributed by atoms with E-state index in [-0.39, 0.29) is 5.82 Å². The molecular formula is C11H13FN4O. The van der Waals surface area contributed by atoms with Gasteiger partial charge in [-0.25, -0.2) is 8.91 Å². The number of nitrogens with one attached hydrogen (secondary N) is 1. The third-order valence-corrected chi connectivity index (χ3v) is 3.06. The molecule has 0 atom stereocenters. The summed E-state index contributed by atoms with van der Waals surface area (Å²) in [5, 5.41) is 7.37. The summed E-state index contributed by atoms with van der Waals surface area (Å²) in [6.07, 6.45) is 3.56. The minimum atomic E-state index is -0.322. The Bertz CT molecular complexity index is 535. The molecule has 0 amide bonds. The van der Waals surface area contributed by atoms with Crippen LogP contribution in [0, 0.1) is 5.82 Å². The van der Waals surface area contributed by atoms with Crippen molar-refractivity contribution in [2.45, 2.75) is 25.0 Å². The van der Waals surface area contributed by atoms with Gasteiger partial charge in [-0.05, 0) is 25.0 Å². The van der Waals surface area contributed by atoms with Crippen LogP contribution in [0.4, 0.5) is 10.3 Å². The minimum Gasteiger partial charge on any atom is -0.381 e. The van der Waals surface area contributed by atoms with E-state index in [9.17, 15) is 4.39 Å². The second-order valence-corrected chi connectivity index (χ2v) is 4.26. The van der Waals surface area contributed by atoms with Crippen LogP contribution in [0.15, 0.2) is 18.3 Å². The maximum atomic E-state index is 13.0. The maximum absolute atomic E-state index is 13.0. The lowest BCUT2D eigenvalue weighted by Crippen LogP contribution is -2.40. The number of rotatable bonds is 3. The molecule has 1 aliphatic rings. The van der Waals surface area contributed by atoms with Crippen LogP contribution in [-0.4, -0.2) is 33.9 Å². The number of hydrogen-bond donors (Lipinski definition) is 1. The molecule has 1 saturated carbocycles. The van der Waals surface area contributed by atoms with Crippen molar-refractivity contribution in [3.8, 4) is 0 Å². The molecule has 0 bridgehead atoms. The van der Waals surface area contributed by atoms with Crippen molar-refractivity contribution in [2.75, 3.05) is 12.4 Å². The van der Waals surface area contributed by atoms with E-state index in [2.05, 4.69) is 15.4 Å². The Hall–Kier alpha value is -1.69. The normalized spacial score (nSPS) is 23.6. The van der Waals surface area contributed by atoms with Crippen molar-refractivity contribution < 1.29 is 9.13 Å². The Morgan fingerprint density at radius 2 is 2.29 bits per heavy atom. The Morgan fingerprint density at radius 3 is 3.06 bits per heavy atom. The molecule has 0 radical (unpaired) electrons. The number of methoxy groups -OCH3 is 1. The van der Waals surface area contributed by atoms with Crippen LogP contribution >= 0.6 is 0 Å². The van der Waals surface area contributed by atoms with Gasteiger partial charge in [-0.15, -0.1) is 5.10 Å². The molecule has 0 aromatic carbocycles. The molecule has 0 spiro atoms. The largest absolute Gasteiger partial charge is 0.381 e. The van der Waals surface area contributed by atoms with Gasteiger partial charge < -0.3 is 10.1 Å². The van der Waals surface area contributed by atoms with E-state index in [1.807, 2.05) is 0 Å². The number of fused-ring (bicyclic) bond motifs is 1. The Balaban J connectivity index is 1.73. The molecular weight excluding hydrogens is 223 g/mol. The van der Waals surface area contributed by atoms with E-state index in [0.717, 1.165) is 12.8 Å². The van der Waals surface area contributed by atoms with Crippen LogP contribution in [0.25, 0.3) is 5.65 Å². The van der Waals surface area contributed by atoms with Crippen molar-refractivity contribution in [1.82, 2.24) is 14.6 Å². The van der Waals surface area contributed by atoms with Crippen molar-refractivity contribution >= 4 is 11.6 Å². The van der Waals surface area contributed by atoms with Gasteiger partial charge in [-0.3, -0.25) is 0 Å². The van der Waals surface area contributed by atoms with E-state index in [4.69, 9.17) is 4.74 Å². The van der Waals surface area contributed by atoms with Gasteiger partial charge >= 0.3 is 0 Å². The zero-order chi connectivity index (χ0) is 11.8. The Morgan fingerprint density at radius 1 is 1.47 bits per heavy atom. The van der Waals surface area contributed by atoms with Crippen LogP contribution in [0.5, 0.6) is 0 Å². The lowest BCUT2D eigenvalue weighted by atomic mass is 9.89. The lowest BCUT2D eigenvalue weighted by molar-refractivity contribution is 0.0327. The minimum absolute atomic E-state index is 0.322. The van der Waals surface area contributed by atoms with Crippen LogP contribution in [-0.2, 0) is 4.74 Å². The summed E-state index contributed by atoms with van der Waals surface area (Å²) in [5.74, 6) is 0.215. The molecule has 17 heavy (non-hydrogen) atoms. The first kappa shape index (κ1) is 10.5. The molecule has 6 heteroatoms. The second-order valence-electron chi connectivity index (χ2n) is 4.26. The molecule has 90 valence electrons. The van der Waals surface area contributed by atoms with Crippen LogP contribution in [0.1, 0.15) is 12.8 Å². The highest BCUT2D eigenvalue weighted by Crippen LogP contribution is 2.25. The van der Waals surface area contributed by atoms with Crippen molar-refractivity contribution in [1.29, 1.82) is 0 Å². The topological polar surface area (TPSA) is 51.5 Å². The molecule has 2 heterocycles. The highest BCUT2D eigenvalue weighted by atomic mass is 19.1. The van der Waals surface area contributed by atoms with Crippen molar-refractivity contribution in [3.05, 3.63) is 24.1 Å². The first-order valence-corrected chi connectivity index (χ1v) is 5.56. The number of anilines is 1. The summed E-state index contributed by atoms with van der Waals surface area (Å²) in [7, 11) is 1.72. The maximum Gasteiger partial charge on any atom is 0.243 e. The fourth-order valence-corrected chi connectivity index (χ4v) is 1.98. The van der Waals surface area contributed by atoms with Crippen molar-refractivity contribution in [2.24, 2.45) is 0 Å². The average Bonchev–Trinajstić information content (AvgIpc) is 2.64. The SMILES string of the molecule is COC1CC(Nc2nc3ccc(F)cn3n2)C1. The monoisotopic (exact) mass is 236 g/mol. The fraction of sp³-hybridized carbons (Fsp3) is 0.455. The summed E-state index contributed by atoms with van der Waals surface area (Å²) in [6, 6.07) is 3.33. The fourth-order valence-electron chi connectivity index (χ4n) is 1.98. The summed E-state index contributed by atoms with van der Waals surface area (Å²) >= 11 is 0. The molecule has 2 aromatic heterocycles. The average molecular weight is 236 g/mol. The summed E-state index contributed by atoms with van der Waals surface area (Å²) < 4.78 is 19.6. The van der Waals surface area contributed by atoms with Crippen LogP contribution < -0.4 is 5.32 Å². The quantitative estimate of drug-likeness (QED) is 0.876. The highest BCUT2D eigenvalue weighted by Gasteiger charge is 2.29. The predicted octanol–water partition coefficient (Wildman–Crippen LogP) is 1.46. The Kier molecular flexibility index (Phi) is 2.44. The first-order chi connectivity index (χ1) is 8.24. The number of ether oxygens (including phenoxy) is 1. The number of nitrogens with zero attached hydrogens (tertiary/aromatic N) is 3. The molecule has 0 unspecified atom stereocenters. The van der Waals surface area contributed by atoms with E-state index in [1.54, 1.807) is 13.2 Å². The number of hydrogen-bond acceptors (Lipinski definition) is 4. The van der Waals surface area contributed by atoms with Crippen LogP contribution in [0.2, 0.25) is 0 Å². The van der Waals surface area contributed by atoms with Gasteiger partial charge in [-0.2, -0.15) is 4.98 Å². The first-order valence-electron chi connectivity index (χ1n) is 5.56. The van der Waals surface area contributed by atoms with Gasteiger partial charge in [-0.1, -0.05) is 0 Å².